The molecule has 5 rings (SSSR count). The second-order valence-corrected chi connectivity index (χ2v) is 8.44. The van der Waals surface area contributed by atoms with Gasteiger partial charge in [0, 0.05) is 74.7 Å². The second-order valence-electron chi connectivity index (χ2n) is 8.44. The fraction of sp³-hybridized carbons (Fsp3) is 0.269. The van der Waals surface area contributed by atoms with Crippen LogP contribution in [0.1, 0.15) is 46.1 Å². The van der Waals surface area contributed by atoms with E-state index < -0.39 is 0 Å². The molecule has 166 valence electrons. The van der Waals surface area contributed by atoms with E-state index in [1.807, 2.05) is 53.0 Å². The van der Waals surface area contributed by atoms with E-state index in [2.05, 4.69) is 32.1 Å². The van der Waals surface area contributed by atoms with Crippen molar-refractivity contribution in [2.24, 2.45) is 7.05 Å². The van der Waals surface area contributed by atoms with E-state index in [-0.39, 0.29) is 11.8 Å². The van der Waals surface area contributed by atoms with Crippen LogP contribution in [0.5, 0.6) is 0 Å². The topological polar surface area (TPSA) is 76.8 Å². The van der Waals surface area contributed by atoms with Gasteiger partial charge in [0.2, 0.25) is 0 Å². The van der Waals surface area contributed by atoms with Crippen LogP contribution in [0.4, 0.5) is 0 Å². The van der Waals surface area contributed by atoms with Crippen LogP contribution >= 0.6 is 0 Å². The number of likely N-dealkylation sites (tertiary alicyclic amines) is 1. The van der Waals surface area contributed by atoms with Crippen LogP contribution in [0.2, 0.25) is 0 Å². The van der Waals surface area contributed by atoms with E-state index in [1.165, 1.54) is 5.56 Å². The highest BCUT2D eigenvalue weighted by atomic mass is 16.2. The number of hydrogen-bond donors (Lipinski definition) is 0. The molecule has 0 N–H and O–H groups in total. The lowest BCUT2D eigenvalue weighted by Crippen LogP contribution is -2.39. The van der Waals surface area contributed by atoms with Gasteiger partial charge < -0.3 is 9.47 Å². The van der Waals surface area contributed by atoms with Gasteiger partial charge in [-0.15, -0.1) is 0 Å². The van der Waals surface area contributed by atoms with Crippen molar-refractivity contribution in [1.82, 2.24) is 29.4 Å². The zero-order valence-electron chi connectivity index (χ0n) is 18.6. The molecular weight excluding hydrogens is 412 g/mol. The third kappa shape index (κ3) is 4.53. The molecule has 1 saturated heterocycles. The third-order valence-electron chi connectivity index (χ3n) is 6.15. The summed E-state index contributed by atoms with van der Waals surface area (Å²) < 4.78 is 1.95. The molecule has 1 atom stereocenters. The van der Waals surface area contributed by atoms with Gasteiger partial charge in [0.05, 0.1) is 5.69 Å². The molecule has 4 aromatic rings. The third-order valence-corrected chi connectivity index (χ3v) is 6.15. The standard InChI is InChI=1S/C26H26N6O/c1-31-15-13-30-25(31)24-23(28-11-12-29-24)21-8-5-14-32(18-21)26(33)20-9-10-27-22(17-20)16-19-6-3-2-4-7-19/h2-4,6-7,9-13,15,17,21H,5,8,14,16,18H2,1H3/t21-/m1/s1. The molecule has 0 bridgehead atoms. The van der Waals surface area contributed by atoms with Gasteiger partial charge in [-0.05, 0) is 30.5 Å². The Kier molecular flexibility index (Phi) is 5.93. The minimum atomic E-state index is 0.0406. The summed E-state index contributed by atoms with van der Waals surface area (Å²) in [7, 11) is 1.95. The Bertz CT molecular complexity index is 1250. The molecule has 4 heterocycles. The van der Waals surface area contributed by atoms with Crippen molar-refractivity contribution in [2.75, 3.05) is 13.1 Å². The SMILES string of the molecule is Cn1ccnc1-c1nccnc1[C@@H]1CCCN(C(=O)c2ccnc(Cc3ccccc3)c2)C1. The van der Waals surface area contributed by atoms with Crippen molar-refractivity contribution < 1.29 is 4.79 Å². The quantitative estimate of drug-likeness (QED) is 0.473. The fourth-order valence-electron chi connectivity index (χ4n) is 4.49. The van der Waals surface area contributed by atoms with Crippen molar-refractivity contribution in [3.8, 4) is 11.5 Å². The first-order valence-electron chi connectivity index (χ1n) is 11.3. The van der Waals surface area contributed by atoms with Crippen molar-refractivity contribution >= 4 is 5.91 Å². The maximum Gasteiger partial charge on any atom is 0.253 e. The molecule has 0 aliphatic carbocycles. The van der Waals surface area contributed by atoms with Crippen LogP contribution < -0.4 is 0 Å². The molecule has 0 spiro atoms. The van der Waals surface area contributed by atoms with E-state index in [4.69, 9.17) is 0 Å². The molecule has 0 saturated carbocycles. The van der Waals surface area contributed by atoms with Crippen LogP contribution in [0.25, 0.3) is 11.5 Å². The van der Waals surface area contributed by atoms with Gasteiger partial charge in [-0.25, -0.2) is 9.97 Å². The molecule has 0 radical (unpaired) electrons. The summed E-state index contributed by atoms with van der Waals surface area (Å²) in [6.07, 6.45) is 11.4. The van der Waals surface area contributed by atoms with Crippen LogP contribution in [-0.4, -0.2) is 48.4 Å². The minimum absolute atomic E-state index is 0.0406. The molecule has 0 unspecified atom stereocenters. The number of amides is 1. The zero-order valence-corrected chi connectivity index (χ0v) is 18.6. The van der Waals surface area contributed by atoms with Crippen LogP contribution in [0, 0.1) is 0 Å². The monoisotopic (exact) mass is 438 g/mol. The lowest BCUT2D eigenvalue weighted by Gasteiger charge is -2.33. The number of carbonyl (C=O) groups excluding carboxylic acids is 1. The van der Waals surface area contributed by atoms with Crippen LogP contribution in [-0.2, 0) is 13.5 Å². The molecule has 7 nitrogen and oxygen atoms in total. The van der Waals surface area contributed by atoms with Crippen molar-refractivity contribution in [3.63, 3.8) is 0 Å². The Morgan fingerprint density at radius 3 is 2.67 bits per heavy atom. The van der Waals surface area contributed by atoms with Gasteiger partial charge in [0.25, 0.3) is 5.91 Å². The Morgan fingerprint density at radius 1 is 1.00 bits per heavy atom. The maximum atomic E-state index is 13.4. The number of piperidine rings is 1. The maximum absolute atomic E-state index is 13.4. The summed E-state index contributed by atoms with van der Waals surface area (Å²) in [5, 5.41) is 0. The Morgan fingerprint density at radius 2 is 1.85 bits per heavy atom. The van der Waals surface area contributed by atoms with Gasteiger partial charge >= 0.3 is 0 Å². The normalized spacial score (nSPS) is 16.0. The van der Waals surface area contributed by atoms with E-state index >= 15 is 0 Å². The number of benzene rings is 1. The Labute approximate surface area is 193 Å². The van der Waals surface area contributed by atoms with Gasteiger partial charge in [0.15, 0.2) is 5.82 Å². The fourth-order valence-corrected chi connectivity index (χ4v) is 4.49. The van der Waals surface area contributed by atoms with E-state index in [0.29, 0.717) is 18.5 Å². The molecule has 1 fully saturated rings. The summed E-state index contributed by atoms with van der Waals surface area (Å²) in [4.78, 5) is 33.5. The summed E-state index contributed by atoms with van der Waals surface area (Å²) in [5.41, 5.74) is 4.45. The van der Waals surface area contributed by atoms with Crippen LogP contribution in [0.15, 0.2) is 73.4 Å². The molecule has 1 amide bonds. The summed E-state index contributed by atoms with van der Waals surface area (Å²) in [5.74, 6) is 0.953. The number of aryl methyl sites for hydroxylation is 1. The number of hydrogen-bond acceptors (Lipinski definition) is 5. The number of carbonyl (C=O) groups is 1. The molecule has 33 heavy (non-hydrogen) atoms. The smallest absolute Gasteiger partial charge is 0.253 e. The van der Waals surface area contributed by atoms with E-state index in [1.54, 1.807) is 24.8 Å². The Balaban J connectivity index is 1.36. The van der Waals surface area contributed by atoms with Crippen LogP contribution in [0.3, 0.4) is 0 Å². The highest BCUT2D eigenvalue weighted by molar-refractivity contribution is 5.94. The first-order valence-corrected chi connectivity index (χ1v) is 11.3. The summed E-state index contributed by atoms with van der Waals surface area (Å²) >= 11 is 0. The first-order chi connectivity index (χ1) is 16.2. The highest BCUT2D eigenvalue weighted by Gasteiger charge is 2.29. The molecule has 3 aromatic heterocycles. The number of nitrogens with zero attached hydrogens (tertiary/aromatic N) is 6. The van der Waals surface area contributed by atoms with Gasteiger partial charge in [-0.3, -0.25) is 14.8 Å². The van der Waals surface area contributed by atoms with Crippen molar-refractivity contribution in [3.05, 3.63) is 96.0 Å². The molecule has 1 aromatic carbocycles. The minimum Gasteiger partial charge on any atom is -0.338 e. The zero-order chi connectivity index (χ0) is 22.6. The number of pyridine rings is 1. The van der Waals surface area contributed by atoms with E-state index in [9.17, 15) is 4.79 Å². The first kappa shape index (κ1) is 21.0. The predicted molar refractivity (Wildman–Crippen MR) is 126 cm³/mol. The lowest BCUT2D eigenvalue weighted by molar-refractivity contribution is 0.0705. The molecular formula is C26H26N6O. The van der Waals surface area contributed by atoms with Crippen molar-refractivity contribution in [2.45, 2.75) is 25.2 Å². The lowest BCUT2D eigenvalue weighted by atomic mass is 9.92. The highest BCUT2D eigenvalue weighted by Crippen LogP contribution is 2.31. The van der Waals surface area contributed by atoms with Gasteiger partial charge in [-0.2, -0.15) is 0 Å². The average molecular weight is 439 g/mol. The average Bonchev–Trinajstić information content (AvgIpc) is 3.30. The van der Waals surface area contributed by atoms with Gasteiger partial charge in [0.1, 0.15) is 5.69 Å². The number of rotatable bonds is 5. The largest absolute Gasteiger partial charge is 0.338 e. The van der Waals surface area contributed by atoms with E-state index in [0.717, 1.165) is 42.3 Å². The second kappa shape index (κ2) is 9.32. The molecule has 1 aliphatic rings. The summed E-state index contributed by atoms with van der Waals surface area (Å²) in [6.45, 7) is 1.36. The van der Waals surface area contributed by atoms with Crippen molar-refractivity contribution in [1.29, 1.82) is 0 Å². The Hall–Kier alpha value is -3.87. The predicted octanol–water partition coefficient (Wildman–Crippen LogP) is 3.88. The van der Waals surface area contributed by atoms with Gasteiger partial charge in [-0.1, -0.05) is 30.3 Å². The number of aromatic nitrogens is 5. The number of imidazole rings is 1. The molecule has 1 aliphatic heterocycles. The summed E-state index contributed by atoms with van der Waals surface area (Å²) in [6, 6.07) is 13.9. The molecule has 7 heteroatoms.